The van der Waals surface area contributed by atoms with Gasteiger partial charge in [-0.15, -0.1) is 0 Å². The molecular formula is C20H24N2O3. The number of anilines is 2. The molecule has 0 heterocycles. The molecule has 0 aliphatic carbocycles. The van der Waals surface area contributed by atoms with Crippen LogP contribution in [-0.2, 0) is 16.0 Å². The molecule has 0 spiro atoms. The second kappa shape index (κ2) is 8.87. The topological polar surface area (TPSA) is 67.4 Å². The Hall–Kier alpha value is -2.82. The van der Waals surface area contributed by atoms with Crippen molar-refractivity contribution >= 4 is 23.4 Å². The predicted octanol–water partition coefficient (Wildman–Crippen LogP) is 4.38. The molecule has 2 aromatic rings. The fourth-order valence-electron chi connectivity index (χ4n) is 2.17. The van der Waals surface area contributed by atoms with E-state index in [1.54, 1.807) is 24.3 Å². The van der Waals surface area contributed by atoms with E-state index in [4.69, 9.17) is 4.74 Å². The van der Waals surface area contributed by atoms with Crippen LogP contribution in [0.5, 0.6) is 0 Å². The lowest BCUT2D eigenvalue weighted by atomic mass is 10.1. The van der Waals surface area contributed by atoms with Gasteiger partial charge in [-0.2, -0.15) is 0 Å². The van der Waals surface area contributed by atoms with E-state index in [-0.39, 0.29) is 11.8 Å². The summed E-state index contributed by atoms with van der Waals surface area (Å²) in [5.41, 5.74) is 3.31. The molecule has 2 amide bonds. The van der Waals surface area contributed by atoms with Gasteiger partial charge in [0.25, 0.3) is 0 Å². The largest absolute Gasteiger partial charge is 0.449 e. The summed E-state index contributed by atoms with van der Waals surface area (Å²) < 4.78 is 5.08. The molecule has 0 radical (unpaired) electrons. The predicted molar refractivity (Wildman–Crippen MR) is 99.8 cm³/mol. The molecule has 0 bridgehead atoms. The third-order valence-electron chi connectivity index (χ3n) is 3.43. The Bertz CT molecular complexity index is 724. The number of carbonyl (C=O) groups is 2. The van der Waals surface area contributed by atoms with Crippen LogP contribution in [0.1, 0.15) is 25.0 Å². The van der Waals surface area contributed by atoms with Crippen molar-refractivity contribution in [2.75, 3.05) is 17.2 Å². The molecule has 0 saturated heterocycles. The van der Waals surface area contributed by atoms with E-state index in [2.05, 4.69) is 10.6 Å². The van der Waals surface area contributed by atoms with Gasteiger partial charge in [-0.3, -0.25) is 10.1 Å². The average Bonchev–Trinajstić information content (AvgIpc) is 2.55. The van der Waals surface area contributed by atoms with Crippen molar-refractivity contribution in [3.8, 4) is 0 Å². The number of hydrogen-bond donors (Lipinski definition) is 2. The first-order valence-corrected chi connectivity index (χ1v) is 8.31. The highest BCUT2D eigenvalue weighted by Gasteiger charge is 2.07. The first-order valence-electron chi connectivity index (χ1n) is 8.31. The zero-order valence-electron chi connectivity index (χ0n) is 14.8. The van der Waals surface area contributed by atoms with Gasteiger partial charge < -0.3 is 10.1 Å². The molecule has 0 aliphatic rings. The molecule has 0 atom stereocenters. The second-order valence-corrected chi connectivity index (χ2v) is 6.41. The van der Waals surface area contributed by atoms with Crippen LogP contribution < -0.4 is 10.6 Å². The van der Waals surface area contributed by atoms with Gasteiger partial charge >= 0.3 is 6.09 Å². The Morgan fingerprint density at radius 1 is 1.00 bits per heavy atom. The van der Waals surface area contributed by atoms with Crippen molar-refractivity contribution < 1.29 is 14.3 Å². The summed E-state index contributed by atoms with van der Waals surface area (Å²) in [4.78, 5) is 23.9. The molecule has 2 N–H and O–H groups in total. The summed E-state index contributed by atoms with van der Waals surface area (Å²) in [5, 5.41) is 5.49. The van der Waals surface area contributed by atoms with Crippen LogP contribution in [0.2, 0.25) is 0 Å². The molecule has 5 heteroatoms. The van der Waals surface area contributed by atoms with Crippen LogP contribution in [-0.4, -0.2) is 18.6 Å². The molecular weight excluding hydrogens is 316 g/mol. The normalized spacial score (nSPS) is 10.4. The maximum atomic E-state index is 12.2. The molecule has 0 saturated carbocycles. The molecule has 0 aromatic heterocycles. The summed E-state index contributed by atoms with van der Waals surface area (Å²) in [6.45, 7) is 6.31. The van der Waals surface area contributed by atoms with E-state index >= 15 is 0 Å². The van der Waals surface area contributed by atoms with Crippen LogP contribution >= 0.6 is 0 Å². The van der Waals surface area contributed by atoms with E-state index in [9.17, 15) is 9.59 Å². The van der Waals surface area contributed by atoms with Gasteiger partial charge in [0.05, 0.1) is 13.0 Å². The second-order valence-electron chi connectivity index (χ2n) is 6.41. The van der Waals surface area contributed by atoms with Crippen LogP contribution in [0.25, 0.3) is 0 Å². The lowest BCUT2D eigenvalue weighted by Crippen LogP contribution is -2.17. The fourth-order valence-corrected chi connectivity index (χ4v) is 2.17. The van der Waals surface area contributed by atoms with E-state index in [1.807, 2.05) is 45.0 Å². The monoisotopic (exact) mass is 340 g/mol. The Labute approximate surface area is 148 Å². The van der Waals surface area contributed by atoms with Crippen molar-refractivity contribution in [1.29, 1.82) is 0 Å². The minimum Gasteiger partial charge on any atom is -0.449 e. The van der Waals surface area contributed by atoms with Crippen LogP contribution in [0.4, 0.5) is 16.2 Å². The van der Waals surface area contributed by atoms with Gasteiger partial charge in [0, 0.05) is 11.4 Å². The first-order chi connectivity index (χ1) is 11.9. The van der Waals surface area contributed by atoms with E-state index in [1.165, 1.54) is 0 Å². The van der Waals surface area contributed by atoms with E-state index < -0.39 is 6.09 Å². The Kier molecular flexibility index (Phi) is 6.57. The van der Waals surface area contributed by atoms with E-state index in [0.29, 0.717) is 24.4 Å². The summed E-state index contributed by atoms with van der Waals surface area (Å²) >= 11 is 0. The molecule has 0 fully saturated rings. The molecule has 2 aromatic carbocycles. The molecule has 0 aliphatic heterocycles. The number of rotatable bonds is 6. The number of benzene rings is 2. The van der Waals surface area contributed by atoms with Crippen LogP contribution in [0, 0.1) is 12.8 Å². The maximum absolute atomic E-state index is 12.2. The van der Waals surface area contributed by atoms with Crippen LogP contribution in [0.15, 0.2) is 48.5 Å². The number of amides is 2. The summed E-state index contributed by atoms with van der Waals surface area (Å²) in [5.74, 6) is 0.168. The SMILES string of the molecule is Cc1ccc(CC(=O)Nc2cccc(NC(=O)OCC(C)C)c2)cc1. The lowest BCUT2D eigenvalue weighted by molar-refractivity contribution is -0.115. The number of aryl methyl sites for hydroxylation is 1. The zero-order valence-corrected chi connectivity index (χ0v) is 14.8. The lowest BCUT2D eigenvalue weighted by Gasteiger charge is -2.10. The minimum atomic E-state index is -0.503. The average molecular weight is 340 g/mol. The first kappa shape index (κ1) is 18.5. The summed E-state index contributed by atoms with van der Waals surface area (Å²) in [6, 6.07) is 14.8. The standard InChI is InChI=1S/C20H24N2O3/c1-14(2)13-25-20(24)22-18-6-4-5-17(12-18)21-19(23)11-16-9-7-15(3)8-10-16/h4-10,12,14H,11,13H2,1-3H3,(H,21,23)(H,22,24). The summed E-state index contributed by atoms with van der Waals surface area (Å²) in [7, 11) is 0. The van der Waals surface area contributed by atoms with Gasteiger partial charge in [0.15, 0.2) is 0 Å². The van der Waals surface area contributed by atoms with Crippen molar-refractivity contribution in [3.63, 3.8) is 0 Å². The van der Waals surface area contributed by atoms with Gasteiger partial charge in [0.2, 0.25) is 5.91 Å². The molecule has 5 nitrogen and oxygen atoms in total. The highest BCUT2D eigenvalue weighted by Crippen LogP contribution is 2.16. The third kappa shape index (κ3) is 6.67. The number of ether oxygens (including phenoxy) is 1. The maximum Gasteiger partial charge on any atom is 0.411 e. The summed E-state index contributed by atoms with van der Waals surface area (Å²) in [6.07, 6.45) is -0.203. The van der Waals surface area contributed by atoms with Gasteiger partial charge in [0.1, 0.15) is 0 Å². The molecule has 0 unspecified atom stereocenters. The minimum absolute atomic E-state index is 0.108. The van der Waals surface area contributed by atoms with Crippen molar-refractivity contribution in [1.82, 2.24) is 0 Å². The molecule has 132 valence electrons. The van der Waals surface area contributed by atoms with Crippen molar-refractivity contribution in [2.24, 2.45) is 5.92 Å². The zero-order chi connectivity index (χ0) is 18.2. The van der Waals surface area contributed by atoms with Gasteiger partial charge in [-0.1, -0.05) is 49.7 Å². The van der Waals surface area contributed by atoms with Gasteiger partial charge in [-0.25, -0.2) is 4.79 Å². The van der Waals surface area contributed by atoms with Crippen molar-refractivity contribution in [3.05, 3.63) is 59.7 Å². The van der Waals surface area contributed by atoms with E-state index in [0.717, 1.165) is 11.1 Å². The Morgan fingerprint density at radius 2 is 1.64 bits per heavy atom. The number of nitrogens with one attached hydrogen (secondary N) is 2. The number of hydrogen-bond acceptors (Lipinski definition) is 3. The smallest absolute Gasteiger partial charge is 0.411 e. The quantitative estimate of drug-likeness (QED) is 0.820. The highest BCUT2D eigenvalue weighted by molar-refractivity contribution is 5.93. The Balaban J connectivity index is 1.90. The Morgan fingerprint density at radius 3 is 2.28 bits per heavy atom. The van der Waals surface area contributed by atoms with Gasteiger partial charge in [-0.05, 0) is 36.6 Å². The number of carbonyl (C=O) groups excluding carboxylic acids is 2. The van der Waals surface area contributed by atoms with Crippen LogP contribution in [0.3, 0.4) is 0 Å². The highest BCUT2D eigenvalue weighted by atomic mass is 16.5. The van der Waals surface area contributed by atoms with Crippen molar-refractivity contribution in [2.45, 2.75) is 27.2 Å². The third-order valence-corrected chi connectivity index (χ3v) is 3.43. The fraction of sp³-hybridized carbons (Fsp3) is 0.300. The molecule has 25 heavy (non-hydrogen) atoms. The molecule has 2 rings (SSSR count).